The van der Waals surface area contributed by atoms with E-state index in [0.29, 0.717) is 32.0 Å². The van der Waals surface area contributed by atoms with Crippen molar-refractivity contribution in [3.8, 4) is 0 Å². The minimum Gasteiger partial charge on any atom is -0.388 e. The molecular weight excluding hydrogens is 298 g/mol. The molecule has 2 aliphatic carbocycles. The Labute approximate surface area is 136 Å². The number of fused-ring (bicyclic) bond motifs is 2. The number of amides is 1. The summed E-state index contributed by atoms with van der Waals surface area (Å²) < 4.78 is 4.54. The molecule has 4 nitrogen and oxygen atoms in total. The zero-order chi connectivity index (χ0) is 15.4. The van der Waals surface area contributed by atoms with Crippen molar-refractivity contribution >= 4 is 22.7 Å². The van der Waals surface area contributed by atoms with E-state index in [9.17, 15) is 9.90 Å². The van der Waals surface area contributed by atoms with Crippen molar-refractivity contribution < 1.29 is 14.6 Å². The predicted octanol–water partition coefficient (Wildman–Crippen LogP) is 2.78. The van der Waals surface area contributed by atoms with Crippen molar-refractivity contribution in [1.29, 1.82) is 0 Å². The van der Waals surface area contributed by atoms with Crippen LogP contribution >= 0.6 is 11.8 Å². The minimum atomic E-state index is -0.979. The number of carbonyl (C=O) groups excluding carboxylic acids is 1. The molecule has 2 saturated carbocycles. The summed E-state index contributed by atoms with van der Waals surface area (Å²) in [5, 5.41) is 12.0. The number of hydrogen-bond donors (Lipinski definition) is 1. The molecule has 3 fully saturated rings. The van der Waals surface area contributed by atoms with Crippen LogP contribution in [0.1, 0.15) is 51.9 Å². The van der Waals surface area contributed by atoms with Crippen molar-refractivity contribution in [3.05, 3.63) is 0 Å². The van der Waals surface area contributed by atoms with Gasteiger partial charge in [0.2, 0.25) is 0 Å². The molecule has 122 valence electrons. The second-order valence-electron chi connectivity index (χ2n) is 7.73. The van der Waals surface area contributed by atoms with E-state index in [0.717, 1.165) is 23.3 Å². The maximum Gasteiger partial charge on any atom is 0.265 e. The fourth-order valence-electron chi connectivity index (χ4n) is 4.94. The van der Waals surface area contributed by atoms with E-state index in [1.165, 1.54) is 37.4 Å². The van der Waals surface area contributed by atoms with Gasteiger partial charge in [0, 0.05) is 26.1 Å². The lowest BCUT2D eigenvalue weighted by atomic mass is 9.81. The van der Waals surface area contributed by atoms with E-state index < -0.39 is 10.3 Å². The van der Waals surface area contributed by atoms with Crippen LogP contribution in [0.15, 0.2) is 4.99 Å². The first-order valence-corrected chi connectivity index (χ1v) is 9.43. The van der Waals surface area contributed by atoms with Crippen molar-refractivity contribution in [1.82, 2.24) is 0 Å². The van der Waals surface area contributed by atoms with Gasteiger partial charge < -0.3 is 9.84 Å². The van der Waals surface area contributed by atoms with Gasteiger partial charge in [0.05, 0.1) is 10.6 Å². The van der Waals surface area contributed by atoms with E-state index >= 15 is 0 Å². The Balaban J connectivity index is 1.46. The quantitative estimate of drug-likeness (QED) is 0.867. The highest BCUT2D eigenvalue weighted by Crippen LogP contribution is 2.53. The first-order chi connectivity index (χ1) is 10.5. The molecule has 0 aromatic heterocycles. The van der Waals surface area contributed by atoms with Crippen LogP contribution in [0, 0.1) is 17.8 Å². The van der Waals surface area contributed by atoms with Crippen LogP contribution in [-0.4, -0.2) is 39.6 Å². The van der Waals surface area contributed by atoms with Crippen LogP contribution in [0.4, 0.5) is 0 Å². The third kappa shape index (κ3) is 2.28. The fourth-order valence-corrected chi connectivity index (χ4v) is 6.36. The van der Waals surface area contributed by atoms with Gasteiger partial charge in [-0.15, -0.1) is 0 Å². The highest BCUT2D eigenvalue weighted by atomic mass is 32.2. The monoisotopic (exact) mass is 323 g/mol. The maximum atomic E-state index is 12.5. The topological polar surface area (TPSA) is 58.9 Å². The van der Waals surface area contributed by atoms with E-state index in [4.69, 9.17) is 4.74 Å². The third-order valence-corrected chi connectivity index (χ3v) is 7.94. The van der Waals surface area contributed by atoms with Crippen molar-refractivity contribution in [3.63, 3.8) is 0 Å². The lowest BCUT2D eigenvalue weighted by Crippen LogP contribution is -2.56. The van der Waals surface area contributed by atoms with Crippen LogP contribution in [0.25, 0.3) is 0 Å². The summed E-state index contributed by atoms with van der Waals surface area (Å²) in [7, 11) is 0. The maximum absolute atomic E-state index is 12.5. The molecule has 1 unspecified atom stereocenters. The summed E-state index contributed by atoms with van der Waals surface area (Å²) in [6.07, 6.45) is 7.46. The average Bonchev–Trinajstić information content (AvgIpc) is 3.16. The molecule has 22 heavy (non-hydrogen) atoms. The number of rotatable bonds is 3. The molecule has 1 amide bonds. The Morgan fingerprint density at radius 3 is 2.73 bits per heavy atom. The number of aliphatic hydroxyl groups is 1. The number of thioether (sulfide) groups is 1. The molecule has 2 heterocycles. The minimum absolute atomic E-state index is 0.139. The second-order valence-corrected chi connectivity index (χ2v) is 9.22. The molecule has 5 heteroatoms. The molecule has 1 saturated heterocycles. The third-order valence-electron chi connectivity index (χ3n) is 6.49. The Morgan fingerprint density at radius 2 is 2.09 bits per heavy atom. The molecule has 2 bridgehead atoms. The number of nitrogens with zero attached hydrogens (tertiary/aromatic N) is 1. The number of hydrogen-bond acceptors (Lipinski definition) is 4. The molecule has 4 aliphatic rings. The average molecular weight is 323 g/mol. The summed E-state index contributed by atoms with van der Waals surface area (Å²) in [6.45, 7) is 2.94. The van der Waals surface area contributed by atoms with Crippen LogP contribution < -0.4 is 0 Å². The normalized spacial score (nSPS) is 43.6. The number of ether oxygens (including phenoxy) is 1. The van der Waals surface area contributed by atoms with Crippen LogP contribution in [-0.2, 0) is 9.53 Å². The molecule has 0 aromatic rings. The first-order valence-electron chi connectivity index (χ1n) is 8.61. The highest BCUT2D eigenvalue weighted by molar-refractivity contribution is 8.16. The van der Waals surface area contributed by atoms with Crippen molar-refractivity contribution in [2.24, 2.45) is 22.7 Å². The molecule has 2 aliphatic heterocycles. The Hall–Kier alpha value is -0.390. The SMILES string of the molecule is CC1(C2(O)CCOCC2)SC(C[C@H]2C[C@@H]3CC[C@H]2C3)=NC1=O. The van der Waals surface area contributed by atoms with E-state index in [1.54, 1.807) is 0 Å². The largest absolute Gasteiger partial charge is 0.388 e. The number of aliphatic imine (C=N–C) groups is 1. The molecule has 4 atom stereocenters. The van der Waals surface area contributed by atoms with Crippen LogP contribution in [0.3, 0.4) is 0 Å². The summed E-state index contributed by atoms with van der Waals surface area (Å²) in [5.74, 6) is 2.34. The van der Waals surface area contributed by atoms with Gasteiger partial charge in [0.15, 0.2) is 0 Å². The summed E-state index contributed by atoms with van der Waals surface area (Å²) in [4.78, 5) is 16.9. The van der Waals surface area contributed by atoms with E-state index in [1.807, 2.05) is 6.92 Å². The van der Waals surface area contributed by atoms with Gasteiger partial charge in [0.1, 0.15) is 4.75 Å². The molecule has 0 spiro atoms. The second kappa shape index (κ2) is 5.32. The Morgan fingerprint density at radius 1 is 1.32 bits per heavy atom. The molecule has 0 radical (unpaired) electrons. The van der Waals surface area contributed by atoms with Gasteiger partial charge in [0.25, 0.3) is 5.91 Å². The zero-order valence-electron chi connectivity index (χ0n) is 13.2. The summed E-state index contributed by atoms with van der Waals surface area (Å²) in [6, 6.07) is 0. The van der Waals surface area contributed by atoms with E-state index in [-0.39, 0.29) is 5.91 Å². The lowest BCUT2D eigenvalue weighted by Gasteiger charge is -2.42. The fraction of sp³-hybridized carbons (Fsp3) is 0.882. The standard InChI is InChI=1S/C17H25NO3S/c1-16(17(20)4-6-21-7-5-17)15(19)18-14(22-16)10-13-9-11-2-3-12(13)8-11/h11-13,20H,2-10H2,1H3/t11-,12+,13-,16?/m1/s1. The summed E-state index contributed by atoms with van der Waals surface area (Å²) >= 11 is 1.54. The van der Waals surface area contributed by atoms with Crippen LogP contribution in [0.5, 0.6) is 0 Å². The Bertz CT molecular complexity index is 514. The molecule has 4 rings (SSSR count). The smallest absolute Gasteiger partial charge is 0.265 e. The lowest BCUT2D eigenvalue weighted by molar-refractivity contribution is -0.133. The van der Waals surface area contributed by atoms with E-state index in [2.05, 4.69) is 4.99 Å². The van der Waals surface area contributed by atoms with Gasteiger partial charge >= 0.3 is 0 Å². The summed E-state index contributed by atoms with van der Waals surface area (Å²) in [5.41, 5.74) is -0.979. The van der Waals surface area contributed by atoms with Crippen LogP contribution in [0.2, 0.25) is 0 Å². The molecule has 0 aromatic carbocycles. The van der Waals surface area contributed by atoms with Crippen molar-refractivity contribution in [2.45, 2.75) is 62.2 Å². The van der Waals surface area contributed by atoms with Gasteiger partial charge in [-0.1, -0.05) is 18.2 Å². The van der Waals surface area contributed by atoms with Gasteiger partial charge in [-0.3, -0.25) is 4.79 Å². The number of carbonyl (C=O) groups is 1. The zero-order valence-corrected chi connectivity index (χ0v) is 14.0. The molecule has 1 N–H and O–H groups in total. The highest BCUT2D eigenvalue weighted by Gasteiger charge is 2.57. The predicted molar refractivity (Wildman–Crippen MR) is 87.0 cm³/mol. The van der Waals surface area contributed by atoms with Gasteiger partial charge in [-0.25, -0.2) is 4.99 Å². The van der Waals surface area contributed by atoms with Gasteiger partial charge in [-0.05, 0) is 50.4 Å². The van der Waals surface area contributed by atoms with Crippen molar-refractivity contribution in [2.75, 3.05) is 13.2 Å². The Kier molecular flexibility index (Phi) is 3.66. The first kappa shape index (κ1) is 15.2. The molecular formula is C17H25NO3S. The van der Waals surface area contributed by atoms with Gasteiger partial charge in [-0.2, -0.15) is 0 Å².